The summed E-state index contributed by atoms with van der Waals surface area (Å²) in [6, 6.07) is 5.55. The molecule has 0 saturated heterocycles. The summed E-state index contributed by atoms with van der Waals surface area (Å²) in [5, 5.41) is 0. The highest BCUT2D eigenvalue weighted by Crippen LogP contribution is 2.05. The van der Waals surface area contributed by atoms with Crippen LogP contribution in [0.4, 0.5) is 0 Å². The molecule has 98 valence electrons. The topological polar surface area (TPSA) is 59.5 Å². The van der Waals surface area contributed by atoms with Crippen LogP contribution in [-0.2, 0) is 20.9 Å². The second-order valence-electron chi connectivity index (χ2n) is 3.82. The van der Waals surface area contributed by atoms with Crippen molar-refractivity contribution in [2.45, 2.75) is 26.3 Å². The maximum Gasteiger partial charge on any atom is 0.307 e. The summed E-state index contributed by atoms with van der Waals surface area (Å²) < 4.78 is 4.57. The molecule has 1 heterocycles. The van der Waals surface area contributed by atoms with E-state index in [2.05, 4.69) is 9.72 Å². The number of hydrogen-bond acceptors (Lipinski definition) is 4. The number of carbonyl (C=O) groups excluding carboxylic acids is 2. The zero-order chi connectivity index (χ0) is 13.4. The van der Waals surface area contributed by atoms with Gasteiger partial charge in [0.2, 0.25) is 5.91 Å². The van der Waals surface area contributed by atoms with Gasteiger partial charge in [0.15, 0.2) is 0 Å². The van der Waals surface area contributed by atoms with Gasteiger partial charge in [0.1, 0.15) is 0 Å². The fourth-order valence-electron chi connectivity index (χ4n) is 1.53. The summed E-state index contributed by atoms with van der Waals surface area (Å²) >= 11 is 0. The number of esters is 1. The highest BCUT2D eigenvalue weighted by molar-refractivity contribution is 5.76. The first-order valence-corrected chi connectivity index (χ1v) is 5.91. The van der Waals surface area contributed by atoms with Crippen molar-refractivity contribution < 1.29 is 14.3 Å². The molecule has 0 aliphatic heterocycles. The second kappa shape index (κ2) is 7.42. The first-order chi connectivity index (χ1) is 8.67. The van der Waals surface area contributed by atoms with E-state index >= 15 is 0 Å². The monoisotopic (exact) mass is 250 g/mol. The van der Waals surface area contributed by atoms with Crippen LogP contribution in [0.25, 0.3) is 0 Å². The minimum atomic E-state index is -0.315. The van der Waals surface area contributed by atoms with Gasteiger partial charge in [-0.05, 0) is 12.1 Å². The molecule has 1 aromatic rings. The lowest BCUT2D eigenvalue weighted by molar-refractivity contribution is -0.141. The zero-order valence-electron chi connectivity index (χ0n) is 10.8. The summed E-state index contributed by atoms with van der Waals surface area (Å²) in [4.78, 5) is 28.7. The standard InChI is InChI=1S/C13H18N2O3/c1-3-12(16)15(9-7-13(17)18-2)10-11-6-4-5-8-14-11/h4-6,8H,3,7,9-10H2,1-2H3. The Labute approximate surface area is 107 Å². The Morgan fingerprint density at radius 1 is 1.39 bits per heavy atom. The Kier molecular flexibility index (Phi) is 5.84. The van der Waals surface area contributed by atoms with Crippen molar-refractivity contribution in [2.24, 2.45) is 0 Å². The van der Waals surface area contributed by atoms with Crippen molar-refractivity contribution in [2.75, 3.05) is 13.7 Å². The minimum absolute atomic E-state index is 0.00422. The molecule has 0 bridgehead atoms. The number of nitrogens with zero attached hydrogens (tertiary/aromatic N) is 2. The van der Waals surface area contributed by atoms with Crippen LogP contribution < -0.4 is 0 Å². The maximum atomic E-state index is 11.8. The van der Waals surface area contributed by atoms with Crippen LogP contribution in [0.5, 0.6) is 0 Å². The van der Waals surface area contributed by atoms with Crippen molar-refractivity contribution >= 4 is 11.9 Å². The maximum absolute atomic E-state index is 11.8. The van der Waals surface area contributed by atoms with Gasteiger partial charge in [0, 0.05) is 19.2 Å². The highest BCUT2D eigenvalue weighted by atomic mass is 16.5. The van der Waals surface area contributed by atoms with E-state index in [1.807, 2.05) is 18.2 Å². The molecule has 0 saturated carbocycles. The van der Waals surface area contributed by atoms with Gasteiger partial charge in [-0.15, -0.1) is 0 Å². The smallest absolute Gasteiger partial charge is 0.307 e. The molecule has 1 amide bonds. The number of rotatable bonds is 6. The number of ether oxygens (including phenoxy) is 1. The lowest BCUT2D eigenvalue weighted by atomic mass is 10.3. The van der Waals surface area contributed by atoms with Gasteiger partial charge in [-0.3, -0.25) is 14.6 Å². The molecular formula is C13H18N2O3. The SMILES string of the molecule is CCC(=O)N(CCC(=O)OC)Cc1ccccn1. The largest absolute Gasteiger partial charge is 0.469 e. The average molecular weight is 250 g/mol. The van der Waals surface area contributed by atoms with E-state index in [1.165, 1.54) is 7.11 Å². The Bertz CT molecular complexity index is 392. The Hall–Kier alpha value is -1.91. The summed E-state index contributed by atoms with van der Waals surface area (Å²) in [6.45, 7) is 2.58. The summed E-state index contributed by atoms with van der Waals surface area (Å²) in [6.07, 6.45) is 2.30. The quantitative estimate of drug-likeness (QED) is 0.716. The molecule has 0 atom stereocenters. The molecule has 0 radical (unpaired) electrons. The zero-order valence-corrected chi connectivity index (χ0v) is 10.8. The number of methoxy groups -OCH3 is 1. The normalized spacial score (nSPS) is 9.89. The van der Waals surface area contributed by atoms with Crippen LogP contribution in [0, 0.1) is 0 Å². The third-order valence-corrected chi connectivity index (χ3v) is 2.55. The lowest BCUT2D eigenvalue weighted by Gasteiger charge is -2.21. The molecule has 5 nitrogen and oxygen atoms in total. The van der Waals surface area contributed by atoms with Gasteiger partial charge in [-0.1, -0.05) is 13.0 Å². The fraction of sp³-hybridized carbons (Fsp3) is 0.462. The van der Waals surface area contributed by atoms with E-state index in [0.717, 1.165) is 5.69 Å². The van der Waals surface area contributed by atoms with Crippen LogP contribution in [-0.4, -0.2) is 35.4 Å². The van der Waals surface area contributed by atoms with E-state index in [0.29, 0.717) is 19.5 Å². The van der Waals surface area contributed by atoms with E-state index < -0.39 is 0 Å². The van der Waals surface area contributed by atoms with E-state index in [-0.39, 0.29) is 18.3 Å². The van der Waals surface area contributed by atoms with Gasteiger partial charge in [0.05, 0.1) is 25.8 Å². The Morgan fingerprint density at radius 2 is 2.17 bits per heavy atom. The van der Waals surface area contributed by atoms with Crippen molar-refractivity contribution in [3.8, 4) is 0 Å². The molecule has 1 aromatic heterocycles. The summed E-state index contributed by atoms with van der Waals surface area (Å²) in [7, 11) is 1.34. The van der Waals surface area contributed by atoms with Crippen LogP contribution in [0.15, 0.2) is 24.4 Å². The summed E-state index contributed by atoms with van der Waals surface area (Å²) in [5.41, 5.74) is 0.809. The molecule has 0 aromatic carbocycles. The van der Waals surface area contributed by atoms with Crippen LogP contribution in [0.3, 0.4) is 0 Å². The third-order valence-electron chi connectivity index (χ3n) is 2.55. The van der Waals surface area contributed by atoms with Gasteiger partial charge >= 0.3 is 5.97 Å². The van der Waals surface area contributed by atoms with Crippen LogP contribution in [0.2, 0.25) is 0 Å². The van der Waals surface area contributed by atoms with Crippen LogP contribution >= 0.6 is 0 Å². The molecule has 0 aliphatic rings. The lowest BCUT2D eigenvalue weighted by Crippen LogP contribution is -2.32. The molecule has 0 fully saturated rings. The average Bonchev–Trinajstić information content (AvgIpc) is 2.43. The van der Waals surface area contributed by atoms with Crippen molar-refractivity contribution in [1.29, 1.82) is 0 Å². The number of pyridine rings is 1. The molecular weight excluding hydrogens is 232 g/mol. The fourth-order valence-corrected chi connectivity index (χ4v) is 1.53. The number of carbonyl (C=O) groups is 2. The molecule has 0 spiro atoms. The van der Waals surface area contributed by atoms with Crippen LogP contribution in [0.1, 0.15) is 25.5 Å². The van der Waals surface area contributed by atoms with Crippen molar-refractivity contribution in [3.63, 3.8) is 0 Å². The van der Waals surface area contributed by atoms with Crippen molar-refractivity contribution in [1.82, 2.24) is 9.88 Å². The predicted molar refractivity (Wildman–Crippen MR) is 66.6 cm³/mol. The van der Waals surface area contributed by atoms with Gasteiger partial charge in [-0.25, -0.2) is 0 Å². The number of hydrogen-bond donors (Lipinski definition) is 0. The molecule has 18 heavy (non-hydrogen) atoms. The van der Waals surface area contributed by atoms with E-state index in [4.69, 9.17) is 0 Å². The van der Waals surface area contributed by atoms with Gasteiger partial charge in [0.25, 0.3) is 0 Å². The molecule has 0 unspecified atom stereocenters. The summed E-state index contributed by atoms with van der Waals surface area (Å²) in [5.74, 6) is -0.311. The second-order valence-corrected chi connectivity index (χ2v) is 3.82. The molecule has 1 rings (SSSR count). The van der Waals surface area contributed by atoms with Crippen molar-refractivity contribution in [3.05, 3.63) is 30.1 Å². The third kappa shape index (κ3) is 4.53. The first kappa shape index (κ1) is 14.2. The molecule has 0 aliphatic carbocycles. The minimum Gasteiger partial charge on any atom is -0.469 e. The molecule has 5 heteroatoms. The predicted octanol–water partition coefficient (Wildman–Crippen LogP) is 1.38. The van der Waals surface area contributed by atoms with E-state index in [1.54, 1.807) is 18.0 Å². The van der Waals surface area contributed by atoms with Gasteiger partial charge in [-0.2, -0.15) is 0 Å². The van der Waals surface area contributed by atoms with E-state index in [9.17, 15) is 9.59 Å². The van der Waals surface area contributed by atoms with Gasteiger partial charge < -0.3 is 9.64 Å². The number of aromatic nitrogens is 1. The number of amides is 1. The highest BCUT2D eigenvalue weighted by Gasteiger charge is 2.14. The Balaban J connectivity index is 2.61. The Morgan fingerprint density at radius 3 is 2.72 bits per heavy atom. The first-order valence-electron chi connectivity index (χ1n) is 5.91. The molecule has 0 N–H and O–H groups in total.